The zero-order valence-corrected chi connectivity index (χ0v) is 14.1. The summed E-state index contributed by atoms with van der Waals surface area (Å²) in [6.45, 7) is 3.73. The monoisotopic (exact) mass is 338 g/mol. The fourth-order valence-corrected chi connectivity index (χ4v) is 3.76. The first-order valence-electron chi connectivity index (χ1n) is 6.90. The van der Waals surface area contributed by atoms with Crippen LogP contribution in [0.1, 0.15) is 29.1 Å². The maximum atomic E-state index is 12.1. The summed E-state index contributed by atoms with van der Waals surface area (Å²) >= 11 is 1.56. The van der Waals surface area contributed by atoms with Gasteiger partial charge in [0, 0.05) is 11.8 Å². The van der Waals surface area contributed by atoms with Crippen LogP contribution < -0.4 is 4.72 Å². The summed E-state index contributed by atoms with van der Waals surface area (Å²) in [7, 11) is -3.79. The lowest BCUT2D eigenvalue weighted by atomic mass is 10.2. The largest absolute Gasteiger partial charge is 0.274 e. The van der Waals surface area contributed by atoms with Crippen molar-refractivity contribution >= 4 is 27.3 Å². The number of sulfonamides is 1. The van der Waals surface area contributed by atoms with Gasteiger partial charge in [0.25, 0.3) is 10.0 Å². The SMILES string of the molecule is Cc1cccc(S(=O)(=O)NC(=O)CCCc2csc(C)n2)c1. The number of hydrogen-bond donors (Lipinski definition) is 1. The van der Waals surface area contributed by atoms with Gasteiger partial charge in [-0.3, -0.25) is 4.79 Å². The molecular formula is C15H18N2O3S2. The summed E-state index contributed by atoms with van der Waals surface area (Å²) in [6, 6.07) is 6.46. The van der Waals surface area contributed by atoms with Crippen LogP contribution in [-0.4, -0.2) is 19.3 Å². The van der Waals surface area contributed by atoms with Gasteiger partial charge in [0.15, 0.2) is 0 Å². The summed E-state index contributed by atoms with van der Waals surface area (Å²) in [5.41, 5.74) is 1.77. The highest BCUT2D eigenvalue weighted by molar-refractivity contribution is 7.90. The Hall–Kier alpha value is -1.73. The maximum Gasteiger partial charge on any atom is 0.264 e. The Morgan fingerprint density at radius 2 is 2.09 bits per heavy atom. The van der Waals surface area contributed by atoms with Crippen molar-refractivity contribution in [3.05, 3.63) is 45.9 Å². The fourth-order valence-electron chi connectivity index (χ4n) is 2.00. The molecule has 0 saturated carbocycles. The van der Waals surface area contributed by atoms with Crippen molar-refractivity contribution in [2.75, 3.05) is 0 Å². The molecule has 1 heterocycles. The minimum Gasteiger partial charge on any atom is -0.274 e. The van der Waals surface area contributed by atoms with Crippen LogP contribution in [0.3, 0.4) is 0 Å². The third-order valence-corrected chi connectivity index (χ3v) is 5.24. The molecule has 7 heteroatoms. The Bertz CT molecular complexity index is 767. The minimum atomic E-state index is -3.79. The van der Waals surface area contributed by atoms with E-state index in [2.05, 4.69) is 9.71 Å². The Morgan fingerprint density at radius 3 is 2.73 bits per heavy atom. The van der Waals surface area contributed by atoms with E-state index in [1.54, 1.807) is 30.4 Å². The molecule has 5 nitrogen and oxygen atoms in total. The molecule has 0 atom stereocenters. The fraction of sp³-hybridized carbons (Fsp3) is 0.333. The number of nitrogens with zero attached hydrogens (tertiary/aromatic N) is 1. The first-order chi connectivity index (χ1) is 10.4. The Kier molecular flexibility index (Phi) is 5.31. The smallest absolute Gasteiger partial charge is 0.264 e. The highest BCUT2D eigenvalue weighted by Gasteiger charge is 2.17. The molecule has 0 radical (unpaired) electrons. The van der Waals surface area contributed by atoms with Gasteiger partial charge in [-0.05, 0) is 44.4 Å². The molecule has 0 aliphatic rings. The molecule has 0 aliphatic carbocycles. The van der Waals surface area contributed by atoms with Gasteiger partial charge < -0.3 is 0 Å². The summed E-state index contributed by atoms with van der Waals surface area (Å²) in [4.78, 5) is 16.2. The van der Waals surface area contributed by atoms with Crippen LogP contribution >= 0.6 is 11.3 Å². The van der Waals surface area contributed by atoms with Gasteiger partial charge in [-0.2, -0.15) is 0 Å². The lowest BCUT2D eigenvalue weighted by molar-refractivity contribution is -0.119. The second kappa shape index (κ2) is 7.02. The summed E-state index contributed by atoms with van der Waals surface area (Å²) in [5, 5.41) is 2.94. The number of carbonyl (C=O) groups excluding carboxylic acids is 1. The van der Waals surface area contributed by atoms with Crippen LogP contribution in [0.4, 0.5) is 0 Å². The first-order valence-corrected chi connectivity index (χ1v) is 9.26. The summed E-state index contributed by atoms with van der Waals surface area (Å²) in [6.07, 6.45) is 1.39. The Labute approximate surface area is 134 Å². The molecule has 0 spiro atoms. The molecule has 0 bridgehead atoms. The van der Waals surface area contributed by atoms with Crippen LogP contribution in [0.25, 0.3) is 0 Å². The van der Waals surface area contributed by atoms with E-state index < -0.39 is 15.9 Å². The zero-order chi connectivity index (χ0) is 16.2. The highest BCUT2D eigenvalue weighted by Crippen LogP contribution is 2.12. The molecule has 1 aromatic carbocycles. The van der Waals surface area contributed by atoms with E-state index in [9.17, 15) is 13.2 Å². The minimum absolute atomic E-state index is 0.107. The van der Waals surface area contributed by atoms with Crippen molar-refractivity contribution in [2.24, 2.45) is 0 Å². The molecule has 2 aromatic rings. The summed E-state index contributed by atoms with van der Waals surface area (Å²) < 4.78 is 26.3. The first kappa shape index (κ1) is 16.6. The number of aryl methyl sites for hydroxylation is 3. The van der Waals surface area contributed by atoms with Crippen molar-refractivity contribution in [1.82, 2.24) is 9.71 Å². The lowest BCUT2D eigenvalue weighted by Gasteiger charge is -2.07. The van der Waals surface area contributed by atoms with E-state index in [0.29, 0.717) is 12.8 Å². The van der Waals surface area contributed by atoms with E-state index in [0.717, 1.165) is 16.3 Å². The molecule has 0 fully saturated rings. The van der Waals surface area contributed by atoms with Crippen LogP contribution in [0.15, 0.2) is 34.5 Å². The van der Waals surface area contributed by atoms with E-state index in [4.69, 9.17) is 0 Å². The highest BCUT2D eigenvalue weighted by atomic mass is 32.2. The van der Waals surface area contributed by atoms with Gasteiger partial charge >= 0.3 is 0 Å². The number of amides is 1. The van der Waals surface area contributed by atoms with Gasteiger partial charge in [0.2, 0.25) is 5.91 Å². The average molecular weight is 338 g/mol. The van der Waals surface area contributed by atoms with E-state index in [1.165, 1.54) is 12.1 Å². The number of rotatable bonds is 6. The van der Waals surface area contributed by atoms with Gasteiger partial charge in [-0.1, -0.05) is 12.1 Å². The number of carbonyl (C=O) groups is 1. The number of thiazole rings is 1. The van der Waals surface area contributed by atoms with Crippen LogP contribution in [0, 0.1) is 13.8 Å². The number of nitrogens with one attached hydrogen (secondary N) is 1. The van der Waals surface area contributed by atoms with E-state index in [1.807, 2.05) is 12.3 Å². The standard InChI is InChI=1S/C15H18N2O3S2/c1-11-5-3-7-14(9-11)22(19,20)17-15(18)8-4-6-13-10-21-12(2)16-13/h3,5,7,9-10H,4,6,8H2,1-2H3,(H,17,18). The van der Waals surface area contributed by atoms with Gasteiger partial charge in [-0.25, -0.2) is 18.1 Å². The van der Waals surface area contributed by atoms with Gasteiger partial charge in [-0.15, -0.1) is 11.3 Å². The molecule has 118 valence electrons. The van der Waals surface area contributed by atoms with E-state index in [-0.39, 0.29) is 11.3 Å². The van der Waals surface area contributed by atoms with Crippen molar-refractivity contribution < 1.29 is 13.2 Å². The molecule has 1 aromatic heterocycles. The molecule has 2 rings (SSSR count). The third kappa shape index (κ3) is 4.64. The van der Waals surface area contributed by atoms with Gasteiger partial charge in [0.1, 0.15) is 0 Å². The average Bonchev–Trinajstić information content (AvgIpc) is 2.84. The van der Waals surface area contributed by atoms with Crippen molar-refractivity contribution in [3.8, 4) is 0 Å². The van der Waals surface area contributed by atoms with Crippen LogP contribution in [0.2, 0.25) is 0 Å². The summed E-state index contributed by atoms with van der Waals surface area (Å²) in [5.74, 6) is -0.492. The van der Waals surface area contributed by atoms with Crippen LogP contribution in [0.5, 0.6) is 0 Å². The molecule has 0 aliphatic heterocycles. The third-order valence-electron chi connectivity index (χ3n) is 3.05. The number of hydrogen-bond acceptors (Lipinski definition) is 5. The number of aromatic nitrogens is 1. The Balaban J connectivity index is 1.88. The topological polar surface area (TPSA) is 76.1 Å². The second-order valence-electron chi connectivity index (χ2n) is 5.06. The Morgan fingerprint density at radius 1 is 1.32 bits per heavy atom. The lowest BCUT2D eigenvalue weighted by Crippen LogP contribution is -2.30. The zero-order valence-electron chi connectivity index (χ0n) is 12.5. The maximum absolute atomic E-state index is 12.1. The second-order valence-corrected chi connectivity index (χ2v) is 7.80. The molecule has 0 saturated heterocycles. The normalized spacial score (nSPS) is 11.4. The number of benzene rings is 1. The molecule has 0 unspecified atom stereocenters. The quantitative estimate of drug-likeness (QED) is 0.878. The van der Waals surface area contributed by atoms with E-state index >= 15 is 0 Å². The molecular weight excluding hydrogens is 320 g/mol. The van der Waals surface area contributed by atoms with Crippen molar-refractivity contribution in [1.29, 1.82) is 0 Å². The van der Waals surface area contributed by atoms with Crippen molar-refractivity contribution in [2.45, 2.75) is 38.0 Å². The van der Waals surface area contributed by atoms with Crippen LogP contribution in [-0.2, 0) is 21.2 Å². The predicted octanol–water partition coefficient (Wildman–Crippen LogP) is 2.59. The predicted molar refractivity (Wildman–Crippen MR) is 86.3 cm³/mol. The molecule has 1 N–H and O–H groups in total. The molecule has 22 heavy (non-hydrogen) atoms. The molecule has 1 amide bonds. The van der Waals surface area contributed by atoms with Gasteiger partial charge in [0.05, 0.1) is 15.6 Å². The van der Waals surface area contributed by atoms with Crippen molar-refractivity contribution in [3.63, 3.8) is 0 Å².